The van der Waals surface area contributed by atoms with Gasteiger partial charge >= 0.3 is 5.97 Å². The number of unbranched alkanes of at least 4 members (excludes halogenated alkanes) is 3. The normalized spacial score (nSPS) is 12.2. The van der Waals surface area contributed by atoms with Crippen molar-refractivity contribution in [2.45, 2.75) is 94.8 Å². The lowest BCUT2D eigenvalue weighted by Gasteiger charge is -2.22. The topological polar surface area (TPSA) is 425 Å². The Labute approximate surface area is 468 Å². The van der Waals surface area contributed by atoms with Crippen LogP contribution < -0.4 is 84.8 Å². The van der Waals surface area contributed by atoms with Crippen LogP contribution in [0.4, 0.5) is 22.7 Å². The predicted octanol–water partition coefficient (Wildman–Crippen LogP) is 2.55. The van der Waals surface area contributed by atoms with Crippen molar-refractivity contribution in [1.82, 2.24) is 16.0 Å². The fourth-order valence-electron chi connectivity index (χ4n) is 8.19. The minimum Gasteiger partial charge on any atom is -0.496 e. The van der Waals surface area contributed by atoms with Gasteiger partial charge in [-0.15, -0.1) is 0 Å². The molecule has 0 bridgehead atoms. The van der Waals surface area contributed by atoms with E-state index in [0.717, 1.165) is 0 Å². The van der Waals surface area contributed by atoms with Gasteiger partial charge in [-0.1, -0.05) is 0 Å². The van der Waals surface area contributed by atoms with Gasteiger partial charge in [-0.3, -0.25) is 43.2 Å². The summed E-state index contributed by atoms with van der Waals surface area (Å²) in [5.74, 6) is -6.27. The molecule has 0 radical (unpaired) electrons. The Hall–Kier alpha value is -8.85. The summed E-state index contributed by atoms with van der Waals surface area (Å²) in [5.41, 5.74) is 29.1. The van der Waals surface area contributed by atoms with Crippen LogP contribution in [-0.4, -0.2) is 131 Å². The second kappa shape index (κ2) is 32.9. The summed E-state index contributed by atoms with van der Waals surface area (Å²) < 4.78 is 21.6. The van der Waals surface area contributed by atoms with Crippen molar-refractivity contribution in [1.29, 1.82) is 0 Å². The summed E-state index contributed by atoms with van der Waals surface area (Å²) in [7, 11) is 5.36. The van der Waals surface area contributed by atoms with Crippen LogP contribution in [0.2, 0.25) is 0 Å². The number of carboxylic acids is 1. The number of aliphatic carboxylic acids is 1. The smallest absolute Gasteiger partial charge is 0.303 e. The molecule has 26 nitrogen and oxygen atoms in total. The maximum atomic E-state index is 14.2. The number of amides is 8. The van der Waals surface area contributed by atoms with E-state index in [4.69, 9.17) is 52.7 Å². The van der Waals surface area contributed by atoms with Crippen LogP contribution in [0.5, 0.6) is 23.0 Å². The maximum Gasteiger partial charge on any atom is 0.303 e. The number of carbonyl (C=O) groups is 9. The van der Waals surface area contributed by atoms with E-state index in [1.807, 2.05) is 0 Å². The summed E-state index contributed by atoms with van der Waals surface area (Å²) in [6.07, 6.45) is 2.85. The molecule has 0 fully saturated rings. The largest absolute Gasteiger partial charge is 0.496 e. The van der Waals surface area contributed by atoms with Crippen molar-refractivity contribution in [3.05, 3.63) is 95.1 Å². The first-order valence-electron chi connectivity index (χ1n) is 26.1. The molecule has 0 saturated carbocycles. The molecule has 0 aliphatic rings. The number of ether oxygens (including phenoxy) is 4. The average Bonchev–Trinajstić information content (AvgIpc) is 3.52. The van der Waals surface area contributed by atoms with E-state index < -0.39 is 77.4 Å². The highest BCUT2D eigenvalue weighted by Crippen LogP contribution is 2.28. The molecule has 1 unspecified atom stereocenters. The summed E-state index contributed by atoms with van der Waals surface area (Å²) in [6.45, 7) is 0.943. The standard InChI is InChI=1S/C55H74N12O14/c1-78-43-19-14-31(27-35(43)48(60)70)62-53(75)40(11-5-8-24-56)65-50(72)37-29-33(16-21-45(37)80-3)64-55(77)42(13-7-10-26-58)67-51(73)38-30-34(17-22-46(38)81-4)63-54(76)41(12-6-9-25-57)66-49(71)36-28-32(15-20-44(36)79-2)61-52(74)39(59)18-23-47(68)69/h14-17,19-22,27-30,39-42H,5-13,18,23-26,56-59H2,1-4H3,(H2,60,70)(H,61,74)(H,62,75)(H,63,76)(H,64,77)(H,65,72)(H,66,71)(H,67,73)(H,68,69)/t39-,40-,41-,42?/m0/s1. The van der Waals surface area contributed by atoms with Crippen LogP contribution in [0, 0.1) is 0 Å². The van der Waals surface area contributed by atoms with Gasteiger partial charge in [0.2, 0.25) is 23.6 Å². The zero-order valence-electron chi connectivity index (χ0n) is 45.8. The zero-order chi connectivity index (χ0) is 59.6. The lowest BCUT2D eigenvalue weighted by atomic mass is 10.1. The molecule has 0 aliphatic carbocycles. The van der Waals surface area contributed by atoms with Gasteiger partial charge in [0, 0.05) is 29.2 Å². The minimum absolute atomic E-state index is 0.0277. The lowest BCUT2D eigenvalue weighted by Crippen LogP contribution is -2.44. The monoisotopic (exact) mass is 1130 g/mol. The quantitative estimate of drug-likeness (QED) is 0.0299. The number of carboxylic acid groups (broad SMARTS) is 1. The maximum absolute atomic E-state index is 14.2. The van der Waals surface area contributed by atoms with Crippen LogP contribution in [0.25, 0.3) is 0 Å². The molecule has 0 saturated heterocycles. The van der Waals surface area contributed by atoms with Gasteiger partial charge in [0.25, 0.3) is 23.6 Å². The first-order valence-corrected chi connectivity index (χ1v) is 26.1. The summed E-state index contributed by atoms with van der Waals surface area (Å²) in [4.78, 5) is 120. The molecule has 0 spiro atoms. The van der Waals surface area contributed by atoms with Crippen LogP contribution in [0.1, 0.15) is 112 Å². The second-order valence-corrected chi connectivity index (χ2v) is 18.5. The van der Waals surface area contributed by atoms with E-state index in [9.17, 15) is 43.2 Å². The minimum atomic E-state index is -1.19. The number of hydrogen-bond acceptors (Lipinski definition) is 17. The Morgan fingerprint density at radius 3 is 0.988 bits per heavy atom. The zero-order valence-corrected chi connectivity index (χ0v) is 45.8. The second-order valence-electron chi connectivity index (χ2n) is 18.5. The number of hydrogen-bond donors (Lipinski definition) is 13. The fraction of sp³-hybridized carbons (Fsp3) is 0.400. The van der Waals surface area contributed by atoms with Gasteiger partial charge < -0.3 is 89.9 Å². The van der Waals surface area contributed by atoms with Crippen LogP contribution in [0.15, 0.2) is 72.8 Å². The molecular formula is C55H74N12O14. The number of methoxy groups -OCH3 is 4. The van der Waals surface area contributed by atoms with Gasteiger partial charge in [-0.25, -0.2) is 0 Å². The summed E-state index contributed by atoms with van der Waals surface area (Å²) in [6, 6.07) is 12.4. The Bertz CT molecular complexity index is 2870. The number of nitrogens with two attached hydrogens (primary N) is 5. The Morgan fingerprint density at radius 1 is 0.432 bits per heavy atom. The number of benzene rings is 4. The summed E-state index contributed by atoms with van der Waals surface area (Å²) >= 11 is 0. The van der Waals surface area contributed by atoms with E-state index in [-0.39, 0.29) is 100 Å². The first kappa shape index (κ1) is 64.7. The van der Waals surface area contributed by atoms with Gasteiger partial charge in [0.15, 0.2) is 0 Å². The van der Waals surface area contributed by atoms with Crippen LogP contribution in [-0.2, 0) is 24.0 Å². The highest BCUT2D eigenvalue weighted by Gasteiger charge is 2.29. The van der Waals surface area contributed by atoms with Gasteiger partial charge in [0.1, 0.15) is 41.1 Å². The van der Waals surface area contributed by atoms with Crippen molar-refractivity contribution in [2.24, 2.45) is 28.7 Å². The first-order chi connectivity index (χ1) is 38.8. The van der Waals surface area contributed by atoms with Crippen molar-refractivity contribution in [2.75, 3.05) is 69.3 Å². The van der Waals surface area contributed by atoms with Crippen molar-refractivity contribution in [3.63, 3.8) is 0 Å². The molecule has 4 aromatic rings. The molecule has 0 aromatic heterocycles. The number of anilines is 4. The molecule has 4 aromatic carbocycles. The molecule has 26 heteroatoms. The predicted molar refractivity (Wildman–Crippen MR) is 302 cm³/mol. The molecule has 8 amide bonds. The van der Waals surface area contributed by atoms with Crippen molar-refractivity contribution < 1.29 is 67.2 Å². The molecule has 0 heterocycles. The Kier molecular flexibility index (Phi) is 26.3. The third-order valence-electron chi connectivity index (χ3n) is 12.6. The lowest BCUT2D eigenvalue weighted by molar-refractivity contribution is -0.137. The molecule has 438 valence electrons. The fourth-order valence-corrected chi connectivity index (χ4v) is 8.19. The van der Waals surface area contributed by atoms with E-state index in [1.54, 1.807) is 0 Å². The number of nitrogens with one attached hydrogen (secondary N) is 7. The number of carbonyl (C=O) groups excluding carboxylic acids is 8. The molecule has 18 N–H and O–H groups in total. The van der Waals surface area contributed by atoms with Crippen molar-refractivity contribution >= 4 is 76.0 Å². The number of rotatable bonds is 34. The van der Waals surface area contributed by atoms with Crippen molar-refractivity contribution in [3.8, 4) is 23.0 Å². The molecular weight excluding hydrogens is 1050 g/mol. The van der Waals surface area contributed by atoms with E-state index >= 15 is 0 Å². The third-order valence-corrected chi connectivity index (χ3v) is 12.6. The SMILES string of the molecule is COc1ccc(NC(=O)[C@H](CCCCN)NC(=O)c2cc(NC(=O)C(CCCCN)NC(=O)c3cc(NC(=O)[C@H](CCCCN)NC(=O)c4cc(NC(=O)[C@@H](N)CCC(=O)O)ccc4OC)ccc3OC)ccc2OC)cc1C(N)=O. The van der Waals surface area contributed by atoms with Crippen LogP contribution >= 0.6 is 0 Å². The molecule has 0 aliphatic heterocycles. The highest BCUT2D eigenvalue weighted by molar-refractivity contribution is 6.07. The third kappa shape index (κ3) is 19.8. The van der Waals surface area contributed by atoms with Crippen LogP contribution in [0.3, 0.4) is 0 Å². The summed E-state index contributed by atoms with van der Waals surface area (Å²) in [5, 5.41) is 28.0. The Morgan fingerprint density at radius 2 is 0.716 bits per heavy atom. The van der Waals surface area contributed by atoms with Gasteiger partial charge in [-0.2, -0.15) is 0 Å². The molecule has 4 atom stereocenters. The van der Waals surface area contributed by atoms with E-state index in [0.29, 0.717) is 58.2 Å². The average molecular weight is 1130 g/mol. The van der Waals surface area contributed by atoms with E-state index in [2.05, 4.69) is 37.2 Å². The number of primary amides is 1. The molecule has 4 rings (SSSR count). The Balaban J connectivity index is 1.55. The van der Waals surface area contributed by atoms with Gasteiger partial charge in [0.05, 0.1) is 56.7 Å². The van der Waals surface area contributed by atoms with Gasteiger partial charge in [-0.05, 0) is 157 Å². The van der Waals surface area contributed by atoms with E-state index in [1.165, 1.54) is 101 Å². The highest BCUT2D eigenvalue weighted by atomic mass is 16.5. The molecule has 81 heavy (non-hydrogen) atoms.